The molecule has 6 N–H and O–H groups in total. The Morgan fingerprint density at radius 3 is 2.25 bits per heavy atom. The lowest BCUT2D eigenvalue weighted by atomic mass is 9.98. The van der Waals surface area contributed by atoms with Gasteiger partial charge in [-0.05, 0) is 43.4 Å². The number of aromatic carboxylic acids is 1. The predicted molar refractivity (Wildman–Crippen MR) is 145 cm³/mol. The van der Waals surface area contributed by atoms with Crippen molar-refractivity contribution in [2.75, 3.05) is 33.5 Å². The minimum atomic E-state index is -1.27. The van der Waals surface area contributed by atoms with Crippen molar-refractivity contribution in [3.05, 3.63) is 59.3 Å². The maximum absolute atomic E-state index is 14.9. The molecule has 1 saturated heterocycles. The van der Waals surface area contributed by atoms with Crippen LogP contribution in [0.1, 0.15) is 43.5 Å². The molecule has 0 saturated carbocycles. The van der Waals surface area contributed by atoms with Crippen molar-refractivity contribution in [1.82, 2.24) is 4.98 Å². The van der Waals surface area contributed by atoms with E-state index in [1.165, 1.54) is 7.11 Å². The summed E-state index contributed by atoms with van der Waals surface area (Å²) >= 11 is 0. The van der Waals surface area contributed by atoms with Gasteiger partial charge in [0.05, 0.1) is 49.0 Å². The van der Waals surface area contributed by atoms with Crippen LogP contribution in [0.25, 0.3) is 22.0 Å². The average Bonchev–Trinajstić information content (AvgIpc) is 3.36. The highest BCUT2D eigenvalue weighted by atomic mass is 19.1. The lowest BCUT2D eigenvalue weighted by Crippen LogP contribution is -2.47. The summed E-state index contributed by atoms with van der Waals surface area (Å²) in [7, 11) is 1.49. The number of hydrogen-bond acceptors (Lipinski definition) is 8. The van der Waals surface area contributed by atoms with E-state index in [-0.39, 0.29) is 43.3 Å². The maximum Gasteiger partial charge on any atom is 0.337 e. The molecular weight excluding hydrogens is 532 g/mol. The van der Waals surface area contributed by atoms with Gasteiger partial charge in [-0.3, -0.25) is 0 Å². The molecule has 4 rings (SSSR count). The van der Waals surface area contributed by atoms with Gasteiger partial charge in [0.1, 0.15) is 29.9 Å². The van der Waals surface area contributed by atoms with Gasteiger partial charge in [-0.1, -0.05) is 30.7 Å². The Morgan fingerprint density at radius 2 is 1.75 bits per heavy atom. The lowest BCUT2D eigenvalue weighted by molar-refractivity contribution is -0.268. The molecule has 2 heterocycles. The number of rotatable bonds is 9. The highest BCUT2D eigenvalue weighted by molar-refractivity contribution is 6.04. The molecule has 2 aromatic carbocycles. The smallest absolute Gasteiger partial charge is 0.337 e. The maximum atomic E-state index is 14.9. The molecular formula is C28H39F2NO9. The summed E-state index contributed by atoms with van der Waals surface area (Å²) in [5.41, 5.74) is 1.06. The van der Waals surface area contributed by atoms with Crippen LogP contribution in [0.5, 0.6) is 0 Å². The third-order valence-electron chi connectivity index (χ3n) is 6.06. The van der Waals surface area contributed by atoms with Crippen molar-refractivity contribution in [3.8, 4) is 11.1 Å². The molecule has 224 valence electrons. The van der Waals surface area contributed by atoms with Crippen molar-refractivity contribution in [2.24, 2.45) is 0 Å². The number of fused-ring (bicyclic) bond motifs is 1. The topological polar surface area (TPSA) is 162 Å². The molecule has 1 fully saturated rings. The minimum Gasteiger partial charge on any atom is -0.478 e. The monoisotopic (exact) mass is 571 g/mol. The largest absolute Gasteiger partial charge is 0.478 e. The first-order valence-corrected chi connectivity index (χ1v) is 12.9. The summed E-state index contributed by atoms with van der Waals surface area (Å²) < 4.78 is 34.0. The van der Waals surface area contributed by atoms with Crippen molar-refractivity contribution in [3.63, 3.8) is 0 Å². The number of aromatic amines is 1. The summed E-state index contributed by atoms with van der Waals surface area (Å²) in [6, 6.07) is 8.02. The van der Waals surface area contributed by atoms with Gasteiger partial charge in [-0.15, -0.1) is 0 Å². The van der Waals surface area contributed by atoms with Crippen LogP contribution >= 0.6 is 0 Å². The quantitative estimate of drug-likeness (QED) is 0.128. The van der Waals surface area contributed by atoms with E-state index in [0.717, 1.165) is 43.5 Å². The third kappa shape index (κ3) is 9.30. The first-order valence-electron chi connectivity index (χ1n) is 12.9. The Balaban J connectivity index is 0.000000463. The van der Waals surface area contributed by atoms with Gasteiger partial charge in [0.15, 0.2) is 0 Å². The van der Waals surface area contributed by atoms with Crippen LogP contribution in [0.4, 0.5) is 8.78 Å². The molecule has 0 bridgehead atoms. The van der Waals surface area contributed by atoms with E-state index in [2.05, 4.69) is 14.8 Å². The molecule has 0 aliphatic carbocycles. The zero-order valence-electron chi connectivity index (χ0n) is 22.5. The number of aliphatic hydroxyl groups excluding tert-OH is 4. The number of aryl methyl sites for hydroxylation is 1. The lowest BCUT2D eigenvalue weighted by Gasteiger charge is -2.27. The average molecular weight is 572 g/mol. The van der Waals surface area contributed by atoms with E-state index >= 15 is 0 Å². The van der Waals surface area contributed by atoms with Crippen LogP contribution < -0.4 is 0 Å². The zero-order valence-corrected chi connectivity index (χ0v) is 22.5. The fraction of sp³-hybridized carbons (Fsp3) is 0.464. The van der Waals surface area contributed by atoms with Gasteiger partial charge >= 0.3 is 5.97 Å². The van der Waals surface area contributed by atoms with E-state index < -0.39 is 35.9 Å². The Kier molecular flexibility index (Phi) is 14.1. The molecule has 3 aromatic rings. The van der Waals surface area contributed by atoms with Crippen LogP contribution in [0.2, 0.25) is 0 Å². The first kappa shape index (κ1) is 33.2. The van der Waals surface area contributed by atoms with E-state index in [1.54, 1.807) is 12.1 Å². The van der Waals surface area contributed by atoms with Crippen LogP contribution in [0.3, 0.4) is 0 Å². The molecule has 1 aliphatic heterocycles. The number of carboxylic acids is 1. The summed E-state index contributed by atoms with van der Waals surface area (Å²) in [5.74, 6) is -2.90. The van der Waals surface area contributed by atoms with Gasteiger partial charge in [0.2, 0.25) is 0 Å². The number of aliphatic hydroxyl groups is 4. The van der Waals surface area contributed by atoms with Crippen LogP contribution in [0, 0.1) is 11.6 Å². The molecule has 1 aromatic heterocycles. The molecule has 0 radical (unpaired) electrons. The van der Waals surface area contributed by atoms with E-state index in [9.17, 15) is 18.7 Å². The second kappa shape index (κ2) is 17.0. The molecule has 1 unspecified atom stereocenters. The standard InChI is InChI=1S/C20H19F2NO3.C5H10O4.C3H8O2.H2/c21-15-10-16-18(14(11-23-16)20(25)26)19(22)17(15)13-7-5-12(6-8-13)4-2-1-3-9-24;6-3-1-9-2-4(7)5(3)8;1-3-5-4-2;/h5-8,10-11,23-24H,1-4,9H2,(H,25,26);3-8H,1-2H2;3H2,1-2H3;1H/t;3-,4+,5?;;. The second-order valence-corrected chi connectivity index (χ2v) is 8.94. The number of ether oxygens (including phenoxy) is 1. The van der Waals surface area contributed by atoms with Crippen molar-refractivity contribution in [2.45, 2.75) is 50.9 Å². The molecule has 1 aliphatic rings. The van der Waals surface area contributed by atoms with Crippen molar-refractivity contribution >= 4 is 16.9 Å². The van der Waals surface area contributed by atoms with Gasteiger partial charge in [-0.2, -0.15) is 0 Å². The number of carboxylic acid groups (broad SMARTS) is 1. The van der Waals surface area contributed by atoms with Crippen LogP contribution in [-0.2, 0) is 20.9 Å². The highest BCUT2D eigenvalue weighted by Crippen LogP contribution is 2.33. The summed E-state index contributed by atoms with van der Waals surface area (Å²) in [6.07, 6.45) is 1.68. The molecule has 0 amide bonds. The van der Waals surface area contributed by atoms with Crippen LogP contribution in [0.15, 0.2) is 36.5 Å². The number of H-pyrrole nitrogens is 1. The SMILES string of the molecule is CCOOC.O=C(O)c1c[nH]c2cc(F)c(-c3ccc(CCCCCO)cc3)c(F)c12.OC1[C@H](O)COC[C@@H]1O.[HH]. The number of unbranched alkanes of at least 4 members (excludes halogenated alkanes) is 2. The Hall–Kier alpha value is -2.97. The molecule has 12 heteroatoms. The normalized spacial score (nSPS) is 18.4. The number of halogens is 2. The van der Waals surface area contributed by atoms with E-state index in [0.29, 0.717) is 12.2 Å². The number of carbonyl (C=O) groups is 1. The Labute approximate surface area is 232 Å². The molecule has 40 heavy (non-hydrogen) atoms. The summed E-state index contributed by atoms with van der Waals surface area (Å²) in [4.78, 5) is 22.4. The molecule has 10 nitrogen and oxygen atoms in total. The summed E-state index contributed by atoms with van der Waals surface area (Å²) in [6.45, 7) is 2.88. The number of aromatic nitrogens is 1. The third-order valence-corrected chi connectivity index (χ3v) is 6.06. The number of benzene rings is 2. The zero-order chi connectivity index (χ0) is 29.7. The predicted octanol–water partition coefficient (Wildman–Crippen LogP) is 3.45. The first-order chi connectivity index (χ1) is 19.2. The van der Waals surface area contributed by atoms with Gasteiger partial charge in [0, 0.05) is 14.2 Å². The van der Waals surface area contributed by atoms with Crippen LogP contribution in [-0.4, -0.2) is 88.3 Å². The van der Waals surface area contributed by atoms with Crippen molar-refractivity contribution < 1.29 is 55.0 Å². The Morgan fingerprint density at radius 1 is 1.10 bits per heavy atom. The van der Waals surface area contributed by atoms with Gasteiger partial charge < -0.3 is 35.3 Å². The molecule has 0 spiro atoms. The fourth-order valence-electron chi connectivity index (χ4n) is 3.99. The van der Waals surface area contributed by atoms with Gasteiger partial charge in [-0.25, -0.2) is 23.4 Å². The van der Waals surface area contributed by atoms with E-state index in [4.69, 9.17) is 25.2 Å². The minimum absolute atomic E-state index is 0. The highest BCUT2D eigenvalue weighted by Gasteiger charge is 2.29. The van der Waals surface area contributed by atoms with E-state index in [1.807, 2.05) is 19.1 Å². The second-order valence-electron chi connectivity index (χ2n) is 8.94. The number of nitrogens with one attached hydrogen (secondary N) is 1. The Bertz CT molecular complexity index is 1180. The van der Waals surface area contributed by atoms with Crippen molar-refractivity contribution in [1.29, 1.82) is 0 Å². The van der Waals surface area contributed by atoms with Gasteiger partial charge in [0.25, 0.3) is 0 Å². The number of hydrogen-bond donors (Lipinski definition) is 6. The fourth-order valence-corrected chi connectivity index (χ4v) is 3.99. The molecule has 3 atom stereocenters. The summed E-state index contributed by atoms with van der Waals surface area (Å²) in [5, 5.41) is 44.3.